The predicted octanol–water partition coefficient (Wildman–Crippen LogP) is 8.19. The zero-order chi connectivity index (χ0) is 22.6. The van der Waals surface area contributed by atoms with E-state index >= 15 is 0 Å². The highest BCUT2D eigenvalue weighted by Crippen LogP contribution is 2.67. The smallest absolute Gasteiger partial charge is 0.0568 e. The summed E-state index contributed by atoms with van der Waals surface area (Å²) in [6.07, 6.45) is 16.8. The number of rotatable bonds is 5. The standard InChI is InChI=1S/C30H50O/c1-8-22(19(2)3)10-9-20(4)24-13-14-26-23-11-12-25-21(5)28(31)16-18-30(25,7)27(23)15-17-29(24,26)6/h8,11,19-21,24-28,31H,9-10,12-18H2,1-7H3/b22-8+/t20-,21+,24-,25+,26+,27+,28+,29-,30+/m1/s1. The average Bonchev–Trinajstić information content (AvgIpc) is 3.08. The van der Waals surface area contributed by atoms with E-state index in [1.165, 1.54) is 51.4 Å². The maximum Gasteiger partial charge on any atom is 0.0568 e. The Hall–Kier alpha value is -0.560. The van der Waals surface area contributed by atoms with Gasteiger partial charge in [-0.3, -0.25) is 0 Å². The Labute approximate surface area is 193 Å². The Morgan fingerprint density at radius 3 is 2.42 bits per heavy atom. The van der Waals surface area contributed by atoms with Crippen LogP contribution in [-0.2, 0) is 0 Å². The predicted molar refractivity (Wildman–Crippen MR) is 133 cm³/mol. The van der Waals surface area contributed by atoms with Gasteiger partial charge in [0.15, 0.2) is 0 Å². The molecule has 0 bridgehead atoms. The average molecular weight is 427 g/mol. The molecule has 4 aliphatic carbocycles. The van der Waals surface area contributed by atoms with Crippen LogP contribution in [0.2, 0.25) is 0 Å². The van der Waals surface area contributed by atoms with Crippen molar-refractivity contribution in [3.8, 4) is 0 Å². The van der Waals surface area contributed by atoms with Crippen LogP contribution < -0.4 is 0 Å². The maximum atomic E-state index is 10.5. The van der Waals surface area contributed by atoms with Gasteiger partial charge in [-0.1, -0.05) is 64.8 Å². The van der Waals surface area contributed by atoms with Crippen molar-refractivity contribution in [2.24, 2.45) is 52.3 Å². The Morgan fingerprint density at radius 1 is 1.06 bits per heavy atom. The first-order chi connectivity index (χ1) is 14.6. The van der Waals surface area contributed by atoms with Crippen LogP contribution >= 0.6 is 0 Å². The van der Waals surface area contributed by atoms with Crippen molar-refractivity contribution >= 4 is 0 Å². The summed E-state index contributed by atoms with van der Waals surface area (Å²) in [6, 6.07) is 0. The molecule has 31 heavy (non-hydrogen) atoms. The van der Waals surface area contributed by atoms with Gasteiger partial charge >= 0.3 is 0 Å². The SMILES string of the molecule is C/C=C(\CC[C@@H](C)[C@H]1CC[C@H]2C3=CC[C@H]4[C@H](C)[C@@H](O)CC[C@]4(C)[C@H]3CC[C@]12C)C(C)C. The summed E-state index contributed by atoms with van der Waals surface area (Å²) in [6.45, 7) is 17.1. The van der Waals surface area contributed by atoms with E-state index in [1.54, 1.807) is 5.57 Å². The lowest BCUT2D eigenvalue weighted by atomic mass is 9.46. The van der Waals surface area contributed by atoms with Gasteiger partial charge in [-0.25, -0.2) is 0 Å². The molecule has 4 aliphatic rings. The summed E-state index contributed by atoms with van der Waals surface area (Å²) >= 11 is 0. The van der Waals surface area contributed by atoms with Crippen LogP contribution in [0.3, 0.4) is 0 Å². The molecule has 0 unspecified atom stereocenters. The fourth-order valence-electron chi connectivity index (χ4n) is 9.28. The third-order valence-corrected chi connectivity index (χ3v) is 11.3. The van der Waals surface area contributed by atoms with Gasteiger partial charge in [-0.2, -0.15) is 0 Å². The molecule has 1 N–H and O–H groups in total. The lowest BCUT2D eigenvalue weighted by Crippen LogP contribution is -2.52. The number of hydrogen-bond donors (Lipinski definition) is 1. The van der Waals surface area contributed by atoms with Gasteiger partial charge in [0.25, 0.3) is 0 Å². The summed E-state index contributed by atoms with van der Waals surface area (Å²) in [4.78, 5) is 0. The molecule has 3 fully saturated rings. The Bertz CT molecular complexity index is 716. The van der Waals surface area contributed by atoms with E-state index in [9.17, 15) is 5.11 Å². The second-order valence-corrected chi connectivity index (χ2v) is 12.9. The summed E-state index contributed by atoms with van der Waals surface area (Å²) < 4.78 is 0. The van der Waals surface area contributed by atoms with E-state index in [-0.39, 0.29) is 6.10 Å². The van der Waals surface area contributed by atoms with Gasteiger partial charge in [-0.05, 0) is 117 Å². The summed E-state index contributed by atoms with van der Waals surface area (Å²) in [5, 5.41) is 10.5. The molecule has 1 nitrogen and oxygen atoms in total. The third kappa shape index (κ3) is 3.79. The largest absolute Gasteiger partial charge is 0.393 e. The van der Waals surface area contributed by atoms with Crippen molar-refractivity contribution in [1.82, 2.24) is 0 Å². The Morgan fingerprint density at radius 2 is 1.74 bits per heavy atom. The lowest BCUT2D eigenvalue weighted by molar-refractivity contribution is -0.0773. The van der Waals surface area contributed by atoms with Gasteiger partial charge in [0.1, 0.15) is 0 Å². The quantitative estimate of drug-likeness (QED) is 0.439. The molecule has 0 spiro atoms. The molecule has 0 aromatic carbocycles. The zero-order valence-electron chi connectivity index (χ0n) is 21.6. The lowest BCUT2D eigenvalue weighted by Gasteiger charge is -2.59. The molecular formula is C30H50O. The third-order valence-electron chi connectivity index (χ3n) is 11.3. The van der Waals surface area contributed by atoms with E-state index < -0.39 is 0 Å². The highest BCUT2D eigenvalue weighted by Gasteiger charge is 2.59. The van der Waals surface area contributed by atoms with Crippen LogP contribution in [0.1, 0.15) is 106 Å². The van der Waals surface area contributed by atoms with Gasteiger partial charge < -0.3 is 5.11 Å². The van der Waals surface area contributed by atoms with Crippen molar-refractivity contribution in [2.75, 3.05) is 0 Å². The van der Waals surface area contributed by atoms with Crippen LogP contribution in [0.25, 0.3) is 0 Å². The molecule has 0 aromatic rings. The molecule has 1 heteroatoms. The highest BCUT2D eigenvalue weighted by molar-refractivity contribution is 5.28. The number of aliphatic hydroxyl groups excluding tert-OH is 1. The van der Waals surface area contributed by atoms with Gasteiger partial charge in [0.05, 0.1) is 6.10 Å². The first-order valence-corrected chi connectivity index (χ1v) is 13.7. The zero-order valence-corrected chi connectivity index (χ0v) is 21.6. The topological polar surface area (TPSA) is 20.2 Å². The van der Waals surface area contributed by atoms with E-state index in [4.69, 9.17) is 0 Å². The van der Waals surface area contributed by atoms with Crippen molar-refractivity contribution in [3.63, 3.8) is 0 Å². The summed E-state index contributed by atoms with van der Waals surface area (Å²) in [5.74, 6) is 5.16. The van der Waals surface area contributed by atoms with Crippen molar-refractivity contribution < 1.29 is 5.11 Å². The minimum Gasteiger partial charge on any atom is -0.393 e. The molecular weight excluding hydrogens is 376 g/mol. The van der Waals surface area contributed by atoms with Crippen LogP contribution in [0.4, 0.5) is 0 Å². The van der Waals surface area contributed by atoms with E-state index in [2.05, 4.69) is 60.6 Å². The molecule has 4 rings (SSSR count). The van der Waals surface area contributed by atoms with E-state index in [0.717, 1.165) is 30.1 Å². The Balaban J connectivity index is 1.51. The van der Waals surface area contributed by atoms with Crippen LogP contribution in [-0.4, -0.2) is 11.2 Å². The second-order valence-electron chi connectivity index (χ2n) is 12.9. The number of aliphatic hydroxyl groups is 1. The molecule has 0 amide bonds. The number of fused-ring (bicyclic) bond motifs is 5. The molecule has 9 atom stereocenters. The Kier molecular flexibility index (Phi) is 6.59. The van der Waals surface area contributed by atoms with Crippen LogP contribution in [0, 0.1) is 52.3 Å². The molecule has 0 aliphatic heterocycles. The second kappa shape index (κ2) is 8.66. The monoisotopic (exact) mass is 426 g/mol. The fourth-order valence-corrected chi connectivity index (χ4v) is 9.28. The molecule has 176 valence electrons. The van der Waals surface area contributed by atoms with Gasteiger partial charge in [-0.15, -0.1) is 0 Å². The van der Waals surface area contributed by atoms with Crippen LogP contribution in [0.5, 0.6) is 0 Å². The van der Waals surface area contributed by atoms with Gasteiger partial charge in [0.2, 0.25) is 0 Å². The first kappa shape index (κ1) is 23.6. The first-order valence-electron chi connectivity index (χ1n) is 13.7. The maximum absolute atomic E-state index is 10.5. The summed E-state index contributed by atoms with van der Waals surface area (Å²) in [5.41, 5.74) is 4.45. The molecule has 0 heterocycles. The molecule has 3 saturated carbocycles. The molecule has 0 saturated heterocycles. The molecule has 0 aromatic heterocycles. The van der Waals surface area contributed by atoms with E-state index in [0.29, 0.717) is 28.6 Å². The normalized spacial score (nSPS) is 46.2. The van der Waals surface area contributed by atoms with Gasteiger partial charge in [0, 0.05) is 0 Å². The fraction of sp³-hybridized carbons (Fsp3) is 0.867. The van der Waals surface area contributed by atoms with Crippen LogP contribution in [0.15, 0.2) is 23.3 Å². The van der Waals surface area contributed by atoms with Crippen molar-refractivity contribution in [3.05, 3.63) is 23.3 Å². The van der Waals surface area contributed by atoms with E-state index in [1.807, 2.05) is 5.57 Å². The van der Waals surface area contributed by atoms with Crippen molar-refractivity contribution in [1.29, 1.82) is 0 Å². The number of allylic oxidation sites excluding steroid dienone is 4. The molecule has 0 radical (unpaired) electrons. The minimum absolute atomic E-state index is 0.0773. The minimum atomic E-state index is -0.0773. The highest BCUT2D eigenvalue weighted by atomic mass is 16.3. The summed E-state index contributed by atoms with van der Waals surface area (Å²) in [7, 11) is 0. The van der Waals surface area contributed by atoms with Crippen molar-refractivity contribution in [2.45, 2.75) is 112 Å². The number of hydrogen-bond acceptors (Lipinski definition) is 1.